The third kappa shape index (κ3) is 2.08. The predicted octanol–water partition coefficient (Wildman–Crippen LogP) is 3.13. The number of fused-ring (bicyclic) bond motifs is 2. The van der Waals surface area contributed by atoms with Crippen LogP contribution in [-0.2, 0) is 0 Å². The number of anilines is 2. The highest BCUT2D eigenvalue weighted by Crippen LogP contribution is 2.36. The standard InChI is InChI=1S/C15H14N4OS/c1-8-6-10-13(18-15(16)19-14(10)21-8)17-11-7-20-12-5-3-2-4-9(11)12/h2-6,11H,7H2,1H3,(H3,16,17,18,19). The van der Waals surface area contributed by atoms with E-state index in [2.05, 4.69) is 34.3 Å². The third-order valence-corrected chi connectivity index (χ3v) is 4.49. The number of ether oxygens (including phenoxy) is 1. The van der Waals surface area contributed by atoms with Crippen LogP contribution in [0.4, 0.5) is 11.8 Å². The van der Waals surface area contributed by atoms with Crippen LogP contribution in [0.5, 0.6) is 5.75 Å². The normalized spacial score (nSPS) is 16.7. The Kier molecular flexibility index (Phi) is 2.71. The number of rotatable bonds is 2. The van der Waals surface area contributed by atoms with Crippen molar-refractivity contribution >= 4 is 33.3 Å². The summed E-state index contributed by atoms with van der Waals surface area (Å²) in [5.41, 5.74) is 6.96. The molecule has 3 aromatic rings. The van der Waals surface area contributed by atoms with E-state index in [0.717, 1.165) is 27.3 Å². The van der Waals surface area contributed by atoms with E-state index >= 15 is 0 Å². The molecule has 5 nitrogen and oxygen atoms in total. The van der Waals surface area contributed by atoms with Crippen molar-refractivity contribution in [2.75, 3.05) is 17.7 Å². The van der Waals surface area contributed by atoms with Crippen molar-refractivity contribution in [1.29, 1.82) is 0 Å². The van der Waals surface area contributed by atoms with E-state index in [-0.39, 0.29) is 6.04 Å². The zero-order chi connectivity index (χ0) is 14.4. The smallest absolute Gasteiger partial charge is 0.223 e. The van der Waals surface area contributed by atoms with E-state index in [0.29, 0.717) is 12.6 Å². The highest BCUT2D eigenvalue weighted by molar-refractivity contribution is 7.18. The molecule has 4 rings (SSSR count). The van der Waals surface area contributed by atoms with Gasteiger partial charge in [0.15, 0.2) is 0 Å². The Balaban J connectivity index is 1.75. The topological polar surface area (TPSA) is 73.1 Å². The fourth-order valence-corrected chi connectivity index (χ4v) is 3.50. The van der Waals surface area contributed by atoms with Gasteiger partial charge in [-0.2, -0.15) is 4.98 Å². The van der Waals surface area contributed by atoms with E-state index in [1.165, 1.54) is 4.88 Å². The summed E-state index contributed by atoms with van der Waals surface area (Å²) in [7, 11) is 0. The number of nitrogen functional groups attached to an aromatic ring is 1. The molecule has 0 aliphatic carbocycles. The second-order valence-electron chi connectivity index (χ2n) is 5.05. The molecular formula is C15H14N4OS. The first-order valence-corrected chi connectivity index (χ1v) is 7.54. The monoisotopic (exact) mass is 298 g/mol. The van der Waals surface area contributed by atoms with Crippen molar-refractivity contribution in [3.8, 4) is 5.75 Å². The molecule has 0 saturated carbocycles. The fraction of sp³-hybridized carbons (Fsp3) is 0.200. The lowest BCUT2D eigenvalue weighted by Crippen LogP contribution is -2.14. The highest BCUT2D eigenvalue weighted by Gasteiger charge is 2.24. The van der Waals surface area contributed by atoms with Gasteiger partial charge in [0.1, 0.15) is 23.0 Å². The molecule has 0 bridgehead atoms. The zero-order valence-electron chi connectivity index (χ0n) is 11.5. The molecule has 0 radical (unpaired) electrons. The van der Waals surface area contributed by atoms with Gasteiger partial charge in [-0.1, -0.05) is 18.2 Å². The number of para-hydroxylation sites is 1. The number of thiophene rings is 1. The molecule has 6 heteroatoms. The average Bonchev–Trinajstić information content (AvgIpc) is 3.02. The fourth-order valence-electron chi connectivity index (χ4n) is 2.62. The number of benzene rings is 1. The molecule has 21 heavy (non-hydrogen) atoms. The van der Waals surface area contributed by atoms with Gasteiger partial charge in [0, 0.05) is 10.4 Å². The maximum absolute atomic E-state index is 5.82. The Morgan fingerprint density at radius 3 is 3.10 bits per heavy atom. The summed E-state index contributed by atoms with van der Waals surface area (Å²) < 4.78 is 5.70. The minimum atomic E-state index is 0.0823. The van der Waals surface area contributed by atoms with Crippen LogP contribution in [0.2, 0.25) is 0 Å². The van der Waals surface area contributed by atoms with Gasteiger partial charge in [-0.25, -0.2) is 4.98 Å². The Bertz CT molecular complexity index is 830. The zero-order valence-corrected chi connectivity index (χ0v) is 12.3. The molecule has 1 aliphatic rings. The number of hydrogen-bond acceptors (Lipinski definition) is 6. The van der Waals surface area contributed by atoms with E-state index in [9.17, 15) is 0 Å². The number of nitrogens with one attached hydrogen (secondary N) is 1. The van der Waals surface area contributed by atoms with Crippen molar-refractivity contribution in [3.05, 3.63) is 40.8 Å². The summed E-state index contributed by atoms with van der Waals surface area (Å²) in [6, 6.07) is 10.2. The molecule has 3 heterocycles. The molecule has 2 aromatic heterocycles. The Morgan fingerprint density at radius 2 is 2.19 bits per heavy atom. The predicted molar refractivity (Wildman–Crippen MR) is 84.9 cm³/mol. The van der Waals surface area contributed by atoms with Gasteiger partial charge in [-0.15, -0.1) is 11.3 Å². The van der Waals surface area contributed by atoms with Gasteiger partial charge in [0.25, 0.3) is 0 Å². The van der Waals surface area contributed by atoms with Gasteiger partial charge < -0.3 is 15.8 Å². The van der Waals surface area contributed by atoms with Crippen LogP contribution >= 0.6 is 11.3 Å². The van der Waals surface area contributed by atoms with Gasteiger partial charge in [-0.05, 0) is 19.1 Å². The quantitative estimate of drug-likeness (QED) is 0.760. The lowest BCUT2D eigenvalue weighted by molar-refractivity contribution is 0.339. The second-order valence-corrected chi connectivity index (χ2v) is 6.29. The second kappa shape index (κ2) is 4.60. The Hall–Kier alpha value is -2.34. The van der Waals surface area contributed by atoms with Crippen LogP contribution in [0, 0.1) is 6.92 Å². The van der Waals surface area contributed by atoms with Crippen molar-refractivity contribution in [3.63, 3.8) is 0 Å². The maximum atomic E-state index is 5.82. The van der Waals surface area contributed by atoms with E-state index in [1.54, 1.807) is 11.3 Å². The largest absolute Gasteiger partial charge is 0.491 e. The third-order valence-electron chi connectivity index (χ3n) is 3.54. The number of nitrogens with zero attached hydrogens (tertiary/aromatic N) is 2. The van der Waals surface area contributed by atoms with E-state index in [1.807, 2.05) is 18.2 Å². The lowest BCUT2D eigenvalue weighted by Gasteiger charge is -2.13. The first-order chi connectivity index (χ1) is 10.2. The molecule has 0 saturated heterocycles. The van der Waals surface area contributed by atoms with Crippen molar-refractivity contribution in [2.24, 2.45) is 0 Å². The van der Waals surface area contributed by atoms with Gasteiger partial charge in [0.2, 0.25) is 5.95 Å². The lowest BCUT2D eigenvalue weighted by atomic mass is 10.1. The van der Waals surface area contributed by atoms with E-state index in [4.69, 9.17) is 10.5 Å². The average molecular weight is 298 g/mol. The first-order valence-electron chi connectivity index (χ1n) is 6.72. The van der Waals surface area contributed by atoms with Crippen LogP contribution < -0.4 is 15.8 Å². The number of aromatic nitrogens is 2. The molecule has 1 atom stereocenters. The number of hydrogen-bond donors (Lipinski definition) is 2. The summed E-state index contributed by atoms with van der Waals surface area (Å²) in [6.07, 6.45) is 0. The number of aryl methyl sites for hydroxylation is 1. The van der Waals surface area contributed by atoms with Crippen LogP contribution in [0.15, 0.2) is 30.3 Å². The van der Waals surface area contributed by atoms with E-state index < -0.39 is 0 Å². The van der Waals surface area contributed by atoms with Crippen molar-refractivity contribution in [2.45, 2.75) is 13.0 Å². The van der Waals surface area contributed by atoms with Crippen molar-refractivity contribution < 1.29 is 4.74 Å². The minimum Gasteiger partial charge on any atom is -0.491 e. The van der Waals surface area contributed by atoms with Crippen LogP contribution in [0.1, 0.15) is 16.5 Å². The molecule has 0 fully saturated rings. The molecule has 106 valence electrons. The summed E-state index contributed by atoms with van der Waals surface area (Å²) >= 11 is 1.62. The summed E-state index contributed by atoms with van der Waals surface area (Å²) in [5, 5.41) is 4.46. The summed E-state index contributed by atoms with van der Waals surface area (Å²) in [5.74, 6) is 1.99. The van der Waals surface area contributed by atoms with Crippen LogP contribution in [-0.4, -0.2) is 16.6 Å². The molecule has 1 aromatic carbocycles. The van der Waals surface area contributed by atoms with Crippen molar-refractivity contribution in [1.82, 2.24) is 9.97 Å². The Labute approximate surface area is 125 Å². The van der Waals surface area contributed by atoms with Gasteiger partial charge in [-0.3, -0.25) is 0 Å². The van der Waals surface area contributed by atoms with Crippen LogP contribution in [0.25, 0.3) is 10.2 Å². The maximum Gasteiger partial charge on any atom is 0.223 e. The molecular weight excluding hydrogens is 284 g/mol. The molecule has 0 spiro atoms. The molecule has 3 N–H and O–H groups in total. The minimum absolute atomic E-state index is 0.0823. The Morgan fingerprint density at radius 1 is 1.33 bits per heavy atom. The SMILES string of the molecule is Cc1cc2c(NC3COc4ccccc43)nc(N)nc2s1. The molecule has 1 unspecified atom stereocenters. The molecule has 1 aliphatic heterocycles. The summed E-state index contributed by atoms with van der Waals surface area (Å²) in [6.45, 7) is 2.65. The highest BCUT2D eigenvalue weighted by atomic mass is 32.1. The first kappa shape index (κ1) is 12.4. The van der Waals surface area contributed by atoms with Crippen LogP contribution in [0.3, 0.4) is 0 Å². The molecule has 0 amide bonds. The van der Waals surface area contributed by atoms with Gasteiger partial charge >= 0.3 is 0 Å². The summed E-state index contributed by atoms with van der Waals surface area (Å²) in [4.78, 5) is 10.8. The van der Waals surface area contributed by atoms with Gasteiger partial charge in [0.05, 0.1) is 11.4 Å². The number of nitrogens with two attached hydrogens (primary N) is 1.